The molecule has 0 saturated heterocycles. The Hall–Kier alpha value is -0.830. The smallest absolute Gasteiger partial charge is 0.224 e. The second-order valence-corrected chi connectivity index (χ2v) is 6.41. The summed E-state index contributed by atoms with van der Waals surface area (Å²) in [6.45, 7) is 0. The summed E-state index contributed by atoms with van der Waals surface area (Å²) in [5.74, 6) is 1.93. The maximum absolute atomic E-state index is 12.4. The van der Waals surface area contributed by atoms with Gasteiger partial charge < -0.3 is 5.32 Å². The molecule has 3 heteroatoms. The van der Waals surface area contributed by atoms with E-state index < -0.39 is 0 Å². The van der Waals surface area contributed by atoms with Crippen LogP contribution in [0.5, 0.6) is 0 Å². The van der Waals surface area contributed by atoms with Gasteiger partial charge in [-0.05, 0) is 30.2 Å². The Morgan fingerprint density at radius 3 is 2.42 bits per heavy atom. The van der Waals surface area contributed by atoms with Crippen molar-refractivity contribution < 1.29 is 4.79 Å². The lowest BCUT2D eigenvalue weighted by molar-refractivity contribution is -0.123. The van der Waals surface area contributed by atoms with Crippen molar-refractivity contribution in [1.29, 1.82) is 0 Å². The Morgan fingerprint density at radius 2 is 1.84 bits per heavy atom. The molecule has 2 aliphatic carbocycles. The van der Waals surface area contributed by atoms with Crippen LogP contribution >= 0.6 is 15.9 Å². The van der Waals surface area contributed by atoms with Crippen molar-refractivity contribution in [3.63, 3.8) is 0 Å². The van der Waals surface area contributed by atoms with Crippen molar-refractivity contribution in [1.82, 2.24) is 5.32 Å². The summed E-state index contributed by atoms with van der Waals surface area (Å²) in [5, 5.41) is 3.98. The molecule has 0 radical (unpaired) electrons. The van der Waals surface area contributed by atoms with Crippen LogP contribution in [-0.2, 0) is 4.79 Å². The normalized spacial score (nSPS) is 30.3. The topological polar surface area (TPSA) is 29.1 Å². The minimum Gasteiger partial charge on any atom is -0.348 e. The van der Waals surface area contributed by atoms with Crippen LogP contribution in [0.1, 0.15) is 37.3 Å². The number of hydrogen-bond donors (Lipinski definition) is 1. The molecule has 1 amide bonds. The number of halogens is 1. The molecule has 2 aliphatic rings. The van der Waals surface area contributed by atoms with Crippen LogP contribution in [-0.4, -0.2) is 11.2 Å². The Bertz CT molecular complexity index is 435. The van der Waals surface area contributed by atoms with Gasteiger partial charge in [0.15, 0.2) is 0 Å². The number of nitrogens with one attached hydrogen (secondary N) is 1. The van der Waals surface area contributed by atoms with Gasteiger partial charge in [0.2, 0.25) is 5.91 Å². The van der Waals surface area contributed by atoms with Crippen molar-refractivity contribution >= 4 is 21.8 Å². The van der Waals surface area contributed by atoms with Crippen molar-refractivity contribution in [3.05, 3.63) is 35.9 Å². The molecule has 2 nitrogen and oxygen atoms in total. The van der Waals surface area contributed by atoms with Gasteiger partial charge in [-0.25, -0.2) is 0 Å². The van der Waals surface area contributed by atoms with E-state index in [2.05, 4.69) is 33.4 Å². The molecule has 2 fully saturated rings. The lowest BCUT2D eigenvalue weighted by atomic mass is 10.0. The summed E-state index contributed by atoms with van der Waals surface area (Å²) in [4.78, 5) is 12.4. The highest BCUT2D eigenvalue weighted by Gasteiger charge is 2.54. The number of carbonyl (C=O) groups excluding carboxylic acids is 1. The van der Waals surface area contributed by atoms with Gasteiger partial charge in [0.25, 0.3) is 0 Å². The van der Waals surface area contributed by atoms with Crippen molar-refractivity contribution in [2.45, 2.75) is 31.7 Å². The number of benzene rings is 1. The molecule has 1 aromatic rings. The molecule has 2 saturated carbocycles. The summed E-state index contributed by atoms with van der Waals surface area (Å²) < 4.78 is 0. The van der Waals surface area contributed by atoms with E-state index in [0.29, 0.717) is 17.8 Å². The van der Waals surface area contributed by atoms with E-state index in [1.54, 1.807) is 0 Å². The minimum absolute atomic E-state index is 0.0938. The number of amides is 1. The van der Waals surface area contributed by atoms with Crippen molar-refractivity contribution in [2.75, 3.05) is 5.33 Å². The molecule has 0 bridgehead atoms. The van der Waals surface area contributed by atoms with Crippen LogP contribution < -0.4 is 5.32 Å². The van der Waals surface area contributed by atoms with Crippen LogP contribution in [0.4, 0.5) is 0 Å². The average molecular weight is 322 g/mol. The third kappa shape index (κ3) is 2.71. The molecule has 102 valence electrons. The molecule has 1 aromatic carbocycles. The zero-order valence-electron chi connectivity index (χ0n) is 11.0. The standard InChI is InChI=1S/C16H20BrNO/c17-10-14(11-6-2-1-3-7-11)18-16(19)15-12-8-4-5-9-13(12)15/h1-3,6-7,12-15H,4-5,8-10H2,(H,18,19). The molecule has 3 unspecified atom stereocenters. The largest absolute Gasteiger partial charge is 0.348 e. The van der Waals surface area contributed by atoms with E-state index in [1.807, 2.05) is 18.2 Å². The summed E-state index contributed by atoms with van der Waals surface area (Å²) >= 11 is 3.51. The fourth-order valence-electron chi connectivity index (χ4n) is 3.55. The first-order valence-corrected chi connectivity index (χ1v) is 8.34. The second kappa shape index (κ2) is 5.66. The van der Waals surface area contributed by atoms with Crippen LogP contribution in [0.2, 0.25) is 0 Å². The zero-order valence-corrected chi connectivity index (χ0v) is 12.6. The Kier molecular flexibility index (Phi) is 3.92. The third-order valence-corrected chi connectivity index (χ3v) is 5.28. The van der Waals surface area contributed by atoms with Crippen molar-refractivity contribution in [2.24, 2.45) is 17.8 Å². The first-order valence-electron chi connectivity index (χ1n) is 7.22. The van der Waals surface area contributed by atoms with Crippen LogP contribution in [0, 0.1) is 17.8 Å². The van der Waals surface area contributed by atoms with E-state index in [0.717, 1.165) is 5.33 Å². The van der Waals surface area contributed by atoms with Crippen LogP contribution in [0.15, 0.2) is 30.3 Å². The molecular weight excluding hydrogens is 302 g/mol. The molecule has 0 aromatic heterocycles. The van der Waals surface area contributed by atoms with Gasteiger partial charge in [-0.15, -0.1) is 0 Å². The number of alkyl halides is 1. The number of hydrogen-bond acceptors (Lipinski definition) is 1. The SMILES string of the molecule is O=C(NC(CBr)c1ccccc1)C1C2CCCCC21. The van der Waals surface area contributed by atoms with Gasteiger partial charge in [0.05, 0.1) is 6.04 Å². The number of carbonyl (C=O) groups is 1. The molecule has 0 spiro atoms. The molecule has 1 N–H and O–H groups in total. The van der Waals surface area contributed by atoms with E-state index >= 15 is 0 Å². The molecule has 0 aliphatic heterocycles. The van der Waals surface area contributed by atoms with Gasteiger partial charge in [-0.2, -0.15) is 0 Å². The quantitative estimate of drug-likeness (QED) is 0.842. The van der Waals surface area contributed by atoms with Gasteiger partial charge in [0.1, 0.15) is 0 Å². The molecule has 0 heterocycles. The summed E-state index contributed by atoms with van der Waals surface area (Å²) in [6, 6.07) is 10.3. The lowest BCUT2D eigenvalue weighted by Gasteiger charge is -2.16. The van der Waals surface area contributed by atoms with Gasteiger partial charge in [0, 0.05) is 11.2 Å². The van der Waals surface area contributed by atoms with E-state index in [9.17, 15) is 4.79 Å². The van der Waals surface area contributed by atoms with E-state index in [4.69, 9.17) is 0 Å². The fourth-order valence-corrected chi connectivity index (χ4v) is 4.08. The lowest BCUT2D eigenvalue weighted by Crippen LogP contribution is -2.31. The first kappa shape index (κ1) is 13.2. The highest BCUT2D eigenvalue weighted by atomic mass is 79.9. The highest BCUT2D eigenvalue weighted by Crippen LogP contribution is 2.55. The maximum atomic E-state index is 12.4. The summed E-state index contributed by atoms with van der Waals surface area (Å²) in [6.07, 6.45) is 5.14. The minimum atomic E-state index is 0.0938. The van der Waals surface area contributed by atoms with E-state index in [1.165, 1.54) is 31.2 Å². The number of rotatable bonds is 4. The van der Waals surface area contributed by atoms with E-state index in [-0.39, 0.29) is 11.9 Å². The predicted molar refractivity (Wildman–Crippen MR) is 80.1 cm³/mol. The maximum Gasteiger partial charge on any atom is 0.224 e. The van der Waals surface area contributed by atoms with Crippen molar-refractivity contribution in [3.8, 4) is 0 Å². The average Bonchev–Trinajstić information content (AvgIpc) is 3.20. The van der Waals surface area contributed by atoms with Gasteiger partial charge in [-0.1, -0.05) is 59.1 Å². The molecule has 19 heavy (non-hydrogen) atoms. The monoisotopic (exact) mass is 321 g/mol. The Labute approximate surface area is 123 Å². The Morgan fingerprint density at radius 1 is 1.21 bits per heavy atom. The Balaban J connectivity index is 1.62. The molecule has 3 atom stereocenters. The fraction of sp³-hybridized carbons (Fsp3) is 0.562. The number of fused-ring (bicyclic) bond motifs is 1. The predicted octanol–water partition coefficient (Wildman–Crippen LogP) is 3.68. The first-order chi connectivity index (χ1) is 9.31. The second-order valence-electron chi connectivity index (χ2n) is 5.76. The summed E-state index contributed by atoms with van der Waals surface area (Å²) in [7, 11) is 0. The van der Waals surface area contributed by atoms with Gasteiger partial charge >= 0.3 is 0 Å². The van der Waals surface area contributed by atoms with Crippen LogP contribution in [0.25, 0.3) is 0 Å². The van der Waals surface area contributed by atoms with Crippen LogP contribution in [0.3, 0.4) is 0 Å². The summed E-state index contributed by atoms with van der Waals surface area (Å²) in [5.41, 5.74) is 1.18. The third-order valence-electron chi connectivity index (χ3n) is 4.63. The zero-order chi connectivity index (χ0) is 13.2. The highest BCUT2D eigenvalue weighted by molar-refractivity contribution is 9.09. The molecule has 3 rings (SSSR count). The molecular formula is C16H20BrNO. The van der Waals surface area contributed by atoms with Gasteiger partial charge in [-0.3, -0.25) is 4.79 Å².